The van der Waals surface area contributed by atoms with E-state index in [1.165, 1.54) is 11.8 Å². The number of nitrogens with zero attached hydrogens (tertiary/aromatic N) is 1. The van der Waals surface area contributed by atoms with E-state index in [4.69, 9.17) is 0 Å². The van der Waals surface area contributed by atoms with Crippen molar-refractivity contribution < 1.29 is 14.7 Å². The Hall–Kier alpha value is -1.53. The van der Waals surface area contributed by atoms with Crippen molar-refractivity contribution in [3.8, 4) is 0 Å². The molecule has 2 aliphatic heterocycles. The van der Waals surface area contributed by atoms with E-state index >= 15 is 0 Å². The first-order valence-electron chi connectivity index (χ1n) is 6.17. The molecule has 1 fully saturated rings. The zero-order chi connectivity index (χ0) is 13.4. The van der Waals surface area contributed by atoms with Gasteiger partial charge >= 0.3 is 0 Å². The quantitative estimate of drug-likeness (QED) is 0.802. The Labute approximate surface area is 115 Å². The molecule has 0 bridgehead atoms. The zero-order valence-electron chi connectivity index (χ0n) is 10.3. The summed E-state index contributed by atoms with van der Waals surface area (Å²) in [5.41, 5.74) is 1.25. The molecular weight excluding hydrogens is 264 g/mol. The van der Waals surface area contributed by atoms with Crippen LogP contribution in [0.4, 0.5) is 5.69 Å². The minimum absolute atomic E-state index is 0.0429. The van der Waals surface area contributed by atoms with Gasteiger partial charge in [0.25, 0.3) is 5.91 Å². The van der Waals surface area contributed by atoms with Crippen LogP contribution in [-0.4, -0.2) is 46.8 Å². The van der Waals surface area contributed by atoms with Crippen molar-refractivity contribution in [2.45, 2.75) is 17.4 Å². The third kappa shape index (κ3) is 2.46. The number of hydrogen-bond donors (Lipinski definition) is 2. The van der Waals surface area contributed by atoms with Gasteiger partial charge in [0.1, 0.15) is 0 Å². The Kier molecular flexibility index (Phi) is 3.20. The average Bonchev–Trinajstić information content (AvgIpc) is 2.83. The summed E-state index contributed by atoms with van der Waals surface area (Å²) in [6.07, 6.45) is 0.209. The summed E-state index contributed by atoms with van der Waals surface area (Å²) in [6, 6.07) is 5.35. The van der Waals surface area contributed by atoms with E-state index in [0.29, 0.717) is 36.5 Å². The van der Waals surface area contributed by atoms with Gasteiger partial charge in [-0.1, -0.05) is 0 Å². The first-order valence-corrected chi connectivity index (χ1v) is 7.16. The van der Waals surface area contributed by atoms with Crippen molar-refractivity contribution in [2.24, 2.45) is 0 Å². The predicted molar refractivity (Wildman–Crippen MR) is 72.3 cm³/mol. The third-order valence-electron chi connectivity index (χ3n) is 3.31. The highest BCUT2D eigenvalue weighted by Crippen LogP contribution is 2.32. The lowest BCUT2D eigenvalue weighted by molar-refractivity contribution is -0.113. The Bertz CT molecular complexity index is 547. The number of hydrogen-bond acceptors (Lipinski definition) is 4. The number of carbonyl (C=O) groups excluding carboxylic acids is 2. The molecule has 0 unspecified atom stereocenters. The van der Waals surface area contributed by atoms with Crippen molar-refractivity contribution >= 4 is 29.3 Å². The van der Waals surface area contributed by atoms with E-state index in [0.717, 1.165) is 4.90 Å². The van der Waals surface area contributed by atoms with Crippen LogP contribution in [0.5, 0.6) is 0 Å². The number of nitrogens with one attached hydrogen (secondary N) is 1. The highest BCUT2D eigenvalue weighted by atomic mass is 32.2. The van der Waals surface area contributed by atoms with Gasteiger partial charge in [-0.15, -0.1) is 11.8 Å². The van der Waals surface area contributed by atoms with Gasteiger partial charge in [0, 0.05) is 23.5 Å². The van der Waals surface area contributed by atoms with Crippen LogP contribution in [0.3, 0.4) is 0 Å². The molecule has 0 spiro atoms. The molecule has 2 heterocycles. The molecule has 6 heteroatoms. The maximum Gasteiger partial charge on any atom is 0.254 e. The number of amides is 2. The molecule has 100 valence electrons. The summed E-state index contributed by atoms with van der Waals surface area (Å²) in [4.78, 5) is 26.2. The number of anilines is 1. The van der Waals surface area contributed by atoms with E-state index in [2.05, 4.69) is 5.32 Å². The molecule has 19 heavy (non-hydrogen) atoms. The number of likely N-dealkylation sites (tertiary alicyclic amines) is 1. The topological polar surface area (TPSA) is 69.6 Å². The fourth-order valence-electron chi connectivity index (χ4n) is 2.33. The molecule has 2 aliphatic rings. The van der Waals surface area contributed by atoms with E-state index in [1.807, 2.05) is 6.07 Å². The second-order valence-corrected chi connectivity index (χ2v) is 5.76. The molecule has 5 nitrogen and oxygen atoms in total. The highest BCUT2D eigenvalue weighted by Gasteiger charge is 2.26. The molecule has 2 N–H and O–H groups in total. The lowest BCUT2D eigenvalue weighted by Crippen LogP contribution is -2.29. The van der Waals surface area contributed by atoms with Gasteiger partial charge < -0.3 is 15.3 Å². The van der Waals surface area contributed by atoms with Gasteiger partial charge in [0.2, 0.25) is 5.91 Å². The SMILES string of the molecule is O=C1CSc2ccc(C(=O)N3CC[C@H](O)C3)cc2N1. The van der Waals surface area contributed by atoms with Crippen LogP contribution in [-0.2, 0) is 4.79 Å². The number of thioether (sulfide) groups is 1. The summed E-state index contributed by atoms with van der Waals surface area (Å²) in [5, 5.41) is 12.2. The van der Waals surface area contributed by atoms with E-state index in [-0.39, 0.29) is 11.8 Å². The van der Waals surface area contributed by atoms with Crippen molar-refractivity contribution in [3.63, 3.8) is 0 Å². The largest absolute Gasteiger partial charge is 0.391 e. The van der Waals surface area contributed by atoms with E-state index < -0.39 is 6.10 Å². The highest BCUT2D eigenvalue weighted by molar-refractivity contribution is 8.00. The average molecular weight is 278 g/mol. The first kappa shape index (κ1) is 12.5. The van der Waals surface area contributed by atoms with E-state index in [1.54, 1.807) is 17.0 Å². The van der Waals surface area contributed by atoms with Crippen molar-refractivity contribution in [3.05, 3.63) is 23.8 Å². The molecule has 1 aromatic carbocycles. The normalized spacial score (nSPS) is 22.1. The van der Waals surface area contributed by atoms with E-state index in [9.17, 15) is 14.7 Å². The summed E-state index contributed by atoms with van der Waals surface area (Å²) >= 11 is 1.47. The number of rotatable bonds is 1. The molecule has 0 aliphatic carbocycles. The van der Waals surface area contributed by atoms with Crippen molar-refractivity contribution in [2.75, 3.05) is 24.2 Å². The smallest absolute Gasteiger partial charge is 0.254 e. The molecule has 1 atom stereocenters. The second kappa shape index (κ2) is 4.86. The molecule has 0 radical (unpaired) electrons. The third-order valence-corrected chi connectivity index (χ3v) is 4.38. The van der Waals surface area contributed by atoms with Crippen LogP contribution in [0.1, 0.15) is 16.8 Å². The fraction of sp³-hybridized carbons (Fsp3) is 0.385. The predicted octanol–water partition coefficient (Wildman–Crippen LogP) is 0.938. The standard InChI is InChI=1S/C13H14N2O3S/c16-9-3-4-15(6-9)13(18)8-1-2-11-10(5-8)14-12(17)7-19-11/h1-2,5,9,16H,3-4,6-7H2,(H,14,17)/t9-/m0/s1. The number of benzene rings is 1. The lowest BCUT2D eigenvalue weighted by Gasteiger charge is -2.19. The van der Waals surface area contributed by atoms with Crippen LogP contribution in [0.2, 0.25) is 0 Å². The van der Waals surface area contributed by atoms with Gasteiger partial charge in [-0.05, 0) is 24.6 Å². The lowest BCUT2D eigenvalue weighted by atomic mass is 10.1. The molecule has 0 aromatic heterocycles. The maximum absolute atomic E-state index is 12.3. The Morgan fingerprint density at radius 1 is 1.47 bits per heavy atom. The van der Waals surface area contributed by atoms with Crippen LogP contribution < -0.4 is 5.32 Å². The first-order chi connectivity index (χ1) is 9.13. The van der Waals surface area contributed by atoms with Crippen molar-refractivity contribution in [1.29, 1.82) is 0 Å². The number of aliphatic hydroxyl groups is 1. The molecule has 0 saturated carbocycles. The van der Waals surface area contributed by atoms with Crippen LogP contribution in [0.25, 0.3) is 0 Å². The maximum atomic E-state index is 12.3. The monoisotopic (exact) mass is 278 g/mol. The number of aliphatic hydroxyl groups excluding tert-OH is 1. The van der Waals surface area contributed by atoms with Gasteiger partial charge in [-0.25, -0.2) is 0 Å². The summed E-state index contributed by atoms with van der Waals surface area (Å²) in [7, 11) is 0. The summed E-state index contributed by atoms with van der Waals surface area (Å²) in [5.74, 6) is 0.279. The number of fused-ring (bicyclic) bond motifs is 1. The molecular formula is C13H14N2O3S. The van der Waals surface area contributed by atoms with Crippen LogP contribution >= 0.6 is 11.8 Å². The number of β-amino-alcohol motifs (C(OH)–C–C–N with tert-alkyl or cyclic N) is 1. The minimum Gasteiger partial charge on any atom is -0.391 e. The molecule has 1 saturated heterocycles. The Morgan fingerprint density at radius 3 is 3.05 bits per heavy atom. The van der Waals surface area contributed by atoms with Gasteiger partial charge in [-0.2, -0.15) is 0 Å². The van der Waals surface area contributed by atoms with Gasteiger partial charge in [0.15, 0.2) is 0 Å². The van der Waals surface area contributed by atoms with Gasteiger partial charge in [0.05, 0.1) is 17.5 Å². The minimum atomic E-state index is -0.420. The fourth-order valence-corrected chi connectivity index (χ4v) is 3.11. The zero-order valence-corrected chi connectivity index (χ0v) is 11.1. The summed E-state index contributed by atoms with van der Waals surface area (Å²) < 4.78 is 0. The molecule has 2 amide bonds. The van der Waals surface area contributed by atoms with Crippen molar-refractivity contribution in [1.82, 2.24) is 4.90 Å². The second-order valence-electron chi connectivity index (χ2n) is 4.74. The Morgan fingerprint density at radius 2 is 2.32 bits per heavy atom. The number of carbonyl (C=O) groups is 2. The Balaban J connectivity index is 1.83. The summed E-state index contributed by atoms with van der Waals surface area (Å²) in [6.45, 7) is 0.967. The van der Waals surface area contributed by atoms with Crippen LogP contribution in [0.15, 0.2) is 23.1 Å². The molecule has 1 aromatic rings. The van der Waals surface area contributed by atoms with Crippen LogP contribution in [0, 0.1) is 0 Å². The van der Waals surface area contributed by atoms with Gasteiger partial charge in [-0.3, -0.25) is 9.59 Å². The molecule has 3 rings (SSSR count).